The molecule has 19 heavy (non-hydrogen) atoms. The molecule has 0 radical (unpaired) electrons. The smallest absolute Gasteiger partial charge is 0.303 e. The van der Waals surface area contributed by atoms with Crippen molar-refractivity contribution in [2.24, 2.45) is 7.05 Å². The minimum absolute atomic E-state index is 0.0912. The van der Waals surface area contributed by atoms with E-state index in [9.17, 15) is 4.79 Å². The van der Waals surface area contributed by atoms with Crippen LogP contribution in [0.2, 0.25) is 0 Å². The van der Waals surface area contributed by atoms with Gasteiger partial charge in [0.15, 0.2) is 5.82 Å². The lowest BCUT2D eigenvalue weighted by molar-refractivity contribution is -0.136. The topological polar surface area (TPSA) is 80.9 Å². The summed E-state index contributed by atoms with van der Waals surface area (Å²) in [4.78, 5) is 19.5. The predicted molar refractivity (Wildman–Crippen MR) is 69.7 cm³/mol. The van der Waals surface area contributed by atoms with Crippen molar-refractivity contribution in [3.8, 4) is 11.5 Å². The van der Waals surface area contributed by atoms with Crippen LogP contribution in [0.15, 0.2) is 12.3 Å². The molecule has 100 valence electrons. The highest BCUT2D eigenvalue weighted by Gasteiger charge is 2.12. The van der Waals surface area contributed by atoms with E-state index in [1.54, 1.807) is 4.68 Å². The van der Waals surface area contributed by atoms with Gasteiger partial charge in [0.2, 0.25) is 0 Å². The molecule has 1 N–H and O–H groups in total. The van der Waals surface area contributed by atoms with E-state index in [2.05, 4.69) is 15.1 Å². The molecule has 0 aromatic carbocycles. The normalized spacial score (nSPS) is 10.7. The maximum absolute atomic E-state index is 10.6. The Kier molecular flexibility index (Phi) is 3.59. The van der Waals surface area contributed by atoms with Crippen molar-refractivity contribution in [2.75, 3.05) is 0 Å². The molecule has 0 atom stereocenters. The van der Waals surface area contributed by atoms with Gasteiger partial charge in [-0.2, -0.15) is 5.10 Å². The lowest BCUT2D eigenvalue weighted by Crippen LogP contribution is -2.06. The summed E-state index contributed by atoms with van der Waals surface area (Å²) < 4.78 is 1.70. The summed E-state index contributed by atoms with van der Waals surface area (Å²) in [6.07, 6.45) is 2.38. The Morgan fingerprint density at radius 3 is 2.42 bits per heavy atom. The van der Waals surface area contributed by atoms with Crippen molar-refractivity contribution < 1.29 is 9.90 Å². The largest absolute Gasteiger partial charge is 0.481 e. The fourth-order valence-electron chi connectivity index (χ4n) is 1.98. The summed E-state index contributed by atoms with van der Waals surface area (Å²) >= 11 is 0. The first-order chi connectivity index (χ1) is 8.97. The van der Waals surface area contributed by atoms with Crippen LogP contribution in [-0.4, -0.2) is 30.8 Å². The minimum atomic E-state index is -0.812. The maximum Gasteiger partial charge on any atom is 0.303 e. The summed E-state index contributed by atoms with van der Waals surface area (Å²) in [5, 5.41) is 13.0. The number of aryl methyl sites for hydroxylation is 3. The van der Waals surface area contributed by atoms with E-state index >= 15 is 0 Å². The Bertz CT molecular complexity index is 596. The molecule has 0 spiro atoms. The van der Waals surface area contributed by atoms with Crippen molar-refractivity contribution >= 4 is 5.97 Å². The molecule has 0 aliphatic rings. The number of rotatable bonds is 4. The molecule has 6 nitrogen and oxygen atoms in total. The third-order valence-electron chi connectivity index (χ3n) is 2.95. The molecular weight excluding hydrogens is 244 g/mol. The molecule has 0 saturated carbocycles. The number of aliphatic carboxylic acids is 1. The standard InChI is InChI=1S/C13H16N4O2/c1-8-10(4-5-12(18)19)9(2)15-13(14-8)11-6-7-17(3)16-11/h6-7H,4-5H2,1-3H3,(H,18,19). The van der Waals surface area contributed by atoms with Crippen LogP contribution in [0.1, 0.15) is 23.4 Å². The Hall–Kier alpha value is -2.24. The van der Waals surface area contributed by atoms with E-state index in [0.29, 0.717) is 12.2 Å². The van der Waals surface area contributed by atoms with Crippen LogP contribution in [0, 0.1) is 13.8 Å². The van der Waals surface area contributed by atoms with Gasteiger partial charge in [0.1, 0.15) is 5.69 Å². The van der Waals surface area contributed by atoms with Gasteiger partial charge in [-0.3, -0.25) is 9.48 Å². The number of hydrogen-bond acceptors (Lipinski definition) is 4. The summed E-state index contributed by atoms with van der Waals surface area (Å²) in [5.41, 5.74) is 3.25. The highest BCUT2D eigenvalue weighted by atomic mass is 16.4. The van der Waals surface area contributed by atoms with Crippen molar-refractivity contribution in [3.63, 3.8) is 0 Å². The van der Waals surface area contributed by atoms with E-state index in [-0.39, 0.29) is 6.42 Å². The highest BCUT2D eigenvalue weighted by Crippen LogP contribution is 2.18. The number of nitrogens with zero attached hydrogens (tertiary/aromatic N) is 4. The van der Waals surface area contributed by atoms with Crippen molar-refractivity contribution in [1.82, 2.24) is 19.7 Å². The molecule has 0 saturated heterocycles. The van der Waals surface area contributed by atoms with Crippen LogP contribution in [0.5, 0.6) is 0 Å². The first-order valence-electron chi connectivity index (χ1n) is 6.03. The zero-order valence-corrected chi connectivity index (χ0v) is 11.2. The highest BCUT2D eigenvalue weighted by molar-refractivity contribution is 5.67. The Morgan fingerprint density at radius 2 is 1.95 bits per heavy atom. The van der Waals surface area contributed by atoms with E-state index in [1.807, 2.05) is 33.2 Å². The van der Waals surface area contributed by atoms with Crippen LogP contribution in [-0.2, 0) is 18.3 Å². The molecule has 0 bridgehead atoms. The number of hydrogen-bond donors (Lipinski definition) is 1. The van der Waals surface area contributed by atoms with Gasteiger partial charge in [0.25, 0.3) is 0 Å². The maximum atomic E-state index is 10.6. The number of carboxylic acids is 1. The lowest BCUT2D eigenvalue weighted by atomic mass is 10.1. The van der Waals surface area contributed by atoms with Gasteiger partial charge >= 0.3 is 5.97 Å². The SMILES string of the molecule is Cc1nc(-c2ccn(C)n2)nc(C)c1CCC(=O)O. The number of carboxylic acid groups (broad SMARTS) is 1. The monoisotopic (exact) mass is 260 g/mol. The third kappa shape index (κ3) is 2.96. The second-order valence-electron chi connectivity index (χ2n) is 4.46. The molecule has 0 aliphatic heterocycles. The molecule has 6 heteroatoms. The fraction of sp³-hybridized carbons (Fsp3) is 0.385. The van der Waals surface area contributed by atoms with Crippen molar-refractivity contribution in [1.29, 1.82) is 0 Å². The average molecular weight is 260 g/mol. The molecule has 0 amide bonds. The van der Waals surface area contributed by atoms with Crippen LogP contribution in [0.3, 0.4) is 0 Å². The molecule has 0 fully saturated rings. The van der Waals surface area contributed by atoms with Gasteiger partial charge in [-0.15, -0.1) is 0 Å². The van der Waals surface area contributed by atoms with Gasteiger partial charge < -0.3 is 5.11 Å². The van der Waals surface area contributed by atoms with E-state index in [0.717, 1.165) is 22.6 Å². The number of carbonyl (C=O) groups is 1. The first-order valence-corrected chi connectivity index (χ1v) is 6.03. The van der Waals surface area contributed by atoms with Crippen molar-refractivity contribution in [3.05, 3.63) is 29.2 Å². The average Bonchev–Trinajstić information content (AvgIpc) is 2.74. The van der Waals surface area contributed by atoms with E-state index in [1.165, 1.54) is 0 Å². The Labute approximate surface area is 111 Å². The zero-order chi connectivity index (χ0) is 14.0. The summed E-state index contributed by atoms with van der Waals surface area (Å²) in [5.74, 6) is -0.234. The summed E-state index contributed by atoms with van der Waals surface area (Å²) in [6, 6.07) is 1.85. The molecule has 2 aromatic rings. The van der Waals surface area contributed by atoms with Gasteiger partial charge in [0, 0.05) is 31.1 Å². The minimum Gasteiger partial charge on any atom is -0.481 e. The van der Waals surface area contributed by atoms with E-state index in [4.69, 9.17) is 5.11 Å². The summed E-state index contributed by atoms with van der Waals surface area (Å²) in [6.45, 7) is 3.75. The molecule has 0 unspecified atom stereocenters. The van der Waals surface area contributed by atoms with Gasteiger partial charge in [-0.05, 0) is 31.9 Å². The molecule has 2 aromatic heterocycles. The fourth-order valence-corrected chi connectivity index (χ4v) is 1.98. The Balaban J connectivity index is 2.33. The second kappa shape index (κ2) is 5.17. The van der Waals surface area contributed by atoms with Gasteiger partial charge in [0.05, 0.1) is 0 Å². The molecule has 2 rings (SSSR count). The first kappa shape index (κ1) is 13.2. The quantitative estimate of drug-likeness (QED) is 0.901. The van der Waals surface area contributed by atoms with E-state index < -0.39 is 5.97 Å². The summed E-state index contributed by atoms with van der Waals surface area (Å²) in [7, 11) is 1.84. The van der Waals surface area contributed by atoms with Crippen LogP contribution < -0.4 is 0 Å². The third-order valence-corrected chi connectivity index (χ3v) is 2.95. The molecule has 2 heterocycles. The Morgan fingerprint density at radius 1 is 1.32 bits per heavy atom. The van der Waals surface area contributed by atoms with Crippen LogP contribution in [0.4, 0.5) is 0 Å². The van der Waals surface area contributed by atoms with Gasteiger partial charge in [-0.25, -0.2) is 9.97 Å². The number of aromatic nitrogens is 4. The predicted octanol–water partition coefficient (Wildman–Crippen LogP) is 1.51. The van der Waals surface area contributed by atoms with Gasteiger partial charge in [-0.1, -0.05) is 0 Å². The molecule has 0 aliphatic carbocycles. The van der Waals surface area contributed by atoms with Crippen LogP contribution in [0.25, 0.3) is 11.5 Å². The van der Waals surface area contributed by atoms with Crippen LogP contribution >= 0.6 is 0 Å². The zero-order valence-electron chi connectivity index (χ0n) is 11.2. The van der Waals surface area contributed by atoms with Crippen molar-refractivity contribution in [2.45, 2.75) is 26.7 Å². The second-order valence-corrected chi connectivity index (χ2v) is 4.46. The molecular formula is C13H16N4O2. The lowest BCUT2D eigenvalue weighted by Gasteiger charge is -2.08.